The van der Waals surface area contributed by atoms with Crippen LogP contribution in [0.15, 0.2) is 88.4 Å². The highest BCUT2D eigenvalue weighted by atomic mass is 16.5. The van der Waals surface area contributed by atoms with Crippen molar-refractivity contribution in [2.45, 2.75) is 51.6 Å². The number of rotatable bonds is 8. The van der Waals surface area contributed by atoms with Gasteiger partial charge < -0.3 is 19.2 Å². The van der Waals surface area contributed by atoms with Crippen molar-refractivity contribution >= 4 is 36.3 Å². The number of carbonyl (C=O) groups excluding carboxylic acids is 2. The summed E-state index contributed by atoms with van der Waals surface area (Å²) in [5, 5.41) is 20.3. The van der Waals surface area contributed by atoms with Crippen molar-refractivity contribution in [2.24, 2.45) is 17.8 Å². The van der Waals surface area contributed by atoms with E-state index in [1.165, 1.54) is 4.90 Å². The Hall–Kier alpha value is -3.72. The molecule has 6 rings (SSSR count). The Morgan fingerprint density at radius 2 is 1.73 bits per heavy atom. The third-order valence-electron chi connectivity index (χ3n) is 8.72. The fourth-order valence-electron chi connectivity index (χ4n) is 6.90. The maximum absolute atomic E-state index is 13.8. The number of anilines is 1. The van der Waals surface area contributed by atoms with Crippen LogP contribution in [0, 0.1) is 17.8 Å². The predicted octanol–water partition coefficient (Wildman–Crippen LogP) is 5.50. The van der Waals surface area contributed by atoms with Crippen LogP contribution in [0.1, 0.15) is 49.7 Å². The lowest BCUT2D eigenvalue weighted by atomic mass is 9.58. The van der Waals surface area contributed by atoms with Gasteiger partial charge in [0.05, 0.1) is 23.6 Å². The molecule has 3 heterocycles. The van der Waals surface area contributed by atoms with Gasteiger partial charge in [-0.2, -0.15) is 0 Å². The van der Waals surface area contributed by atoms with Gasteiger partial charge in [0.25, 0.3) is 0 Å². The lowest BCUT2D eigenvalue weighted by molar-refractivity contribution is -0.122. The van der Waals surface area contributed by atoms with Crippen molar-refractivity contribution in [1.82, 2.24) is 0 Å². The molecule has 0 radical (unpaired) electrons. The number of amides is 2. The highest BCUT2D eigenvalue weighted by Gasteiger charge is 2.57. The van der Waals surface area contributed by atoms with Gasteiger partial charge in [-0.3, -0.25) is 14.5 Å². The van der Waals surface area contributed by atoms with Crippen molar-refractivity contribution in [1.29, 1.82) is 0 Å². The van der Waals surface area contributed by atoms with E-state index in [0.29, 0.717) is 42.8 Å². The number of allylic oxidation sites excluding steroid dienone is 2. The van der Waals surface area contributed by atoms with E-state index < -0.39 is 19.0 Å². The van der Waals surface area contributed by atoms with E-state index in [1.807, 2.05) is 60.7 Å². The van der Waals surface area contributed by atoms with Gasteiger partial charge in [0.1, 0.15) is 18.1 Å². The topological polar surface area (TPSA) is 100 Å². The molecule has 0 spiro atoms. The summed E-state index contributed by atoms with van der Waals surface area (Å²) in [6.45, 7) is 1.92. The first-order valence-corrected chi connectivity index (χ1v) is 14.4. The van der Waals surface area contributed by atoms with E-state index in [-0.39, 0.29) is 30.4 Å². The van der Waals surface area contributed by atoms with Crippen LogP contribution in [0.5, 0.6) is 0 Å². The first-order chi connectivity index (χ1) is 20.0. The molecule has 2 aliphatic heterocycles. The summed E-state index contributed by atoms with van der Waals surface area (Å²) < 4.78 is 11.9. The van der Waals surface area contributed by atoms with Crippen molar-refractivity contribution in [3.63, 3.8) is 0 Å². The summed E-state index contributed by atoms with van der Waals surface area (Å²) in [5.74, 6) is -0.345. The molecule has 1 aliphatic carbocycles. The maximum Gasteiger partial charge on any atom is 0.455 e. The average Bonchev–Trinajstić information content (AvgIpc) is 3.56. The molecule has 0 unspecified atom stereocenters. The second-order valence-corrected chi connectivity index (χ2v) is 11.1. The molecule has 1 aromatic heterocycles. The van der Waals surface area contributed by atoms with E-state index in [2.05, 4.69) is 6.92 Å². The average molecular weight is 551 g/mol. The number of carbonyl (C=O) groups is 2. The Labute approximate surface area is 240 Å². The molecule has 41 heavy (non-hydrogen) atoms. The van der Waals surface area contributed by atoms with Crippen LogP contribution in [-0.2, 0) is 20.9 Å². The van der Waals surface area contributed by atoms with Crippen LogP contribution >= 0.6 is 0 Å². The van der Waals surface area contributed by atoms with Crippen molar-refractivity contribution in [2.75, 3.05) is 4.90 Å². The molecular formula is C33H34BNO6. The van der Waals surface area contributed by atoms with Crippen LogP contribution in [0.4, 0.5) is 5.69 Å². The third-order valence-corrected chi connectivity index (χ3v) is 8.72. The Balaban J connectivity index is 1.30. The van der Waals surface area contributed by atoms with Gasteiger partial charge in [-0.25, -0.2) is 0 Å². The molecule has 0 saturated carbocycles. The monoisotopic (exact) mass is 551 g/mol. The van der Waals surface area contributed by atoms with Gasteiger partial charge in [0, 0.05) is 0 Å². The number of hydrogen-bond donors (Lipinski definition) is 2. The van der Waals surface area contributed by atoms with Crippen LogP contribution < -0.4 is 4.90 Å². The normalized spacial score (nSPS) is 24.6. The largest absolute Gasteiger partial charge is 0.459 e. The number of para-hydroxylation sites is 1. The number of aliphatic hydroxyl groups is 1. The molecule has 4 atom stereocenters. The van der Waals surface area contributed by atoms with Crippen LogP contribution in [0.25, 0.3) is 11.6 Å². The lowest BCUT2D eigenvalue weighted by Crippen LogP contribution is -2.46. The standard InChI is InChI=1S/C33H34BNO6/c1-2-21-18-27-31(33(38)35(32(27)37)24-11-7-4-8-12-24)28-19-34(39)41-29(30(21)28)16-13-23(22-9-5-3-6-10-22)17-25-14-15-26(20-36)40-25/h3-12,14-15,17,27-29,31,36,39H,2,13,16,18-20H2,1H3/b23-17-/t27-,28+,29-,31-/m1/s1. The summed E-state index contributed by atoms with van der Waals surface area (Å²) in [6.07, 6.45) is 4.45. The Kier molecular flexibility index (Phi) is 7.80. The summed E-state index contributed by atoms with van der Waals surface area (Å²) in [5.41, 5.74) is 4.93. The van der Waals surface area contributed by atoms with E-state index in [1.54, 1.807) is 18.2 Å². The van der Waals surface area contributed by atoms with Crippen LogP contribution in [0.3, 0.4) is 0 Å². The Morgan fingerprint density at radius 1 is 1.00 bits per heavy atom. The molecule has 3 aromatic rings. The predicted molar refractivity (Wildman–Crippen MR) is 157 cm³/mol. The first-order valence-electron chi connectivity index (χ1n) is 14.4. The van der Waals surface area contributed by atoms with E-state index in [9.17, 15) is 19.7 Å². The van der Waals surface area contributed by atoms with Crippen molar-refractivity contribution in [3.8, 4) is 0 Å². The van der Waals surface area contributed by atoms with Gasteiger partial charge in [0.2, 0.25) is 11.8 Å². The Bertz CT molecular complexity index is 1480. The van der Waals surface area contributed by atoms with Crippen molar-refractivity contribution in [3.05, 3.63) is 101 Å². The fraction of sp³-hybridized carbons (Fsp3) is 0.333. The summed E-state index contributed by atoms with van der Waals surface area (Å²) in [7, 11) is -1.01. The molecular weight excluding hydrogens is 517 g/mol. The minimum atomic E-state index is -1.01. The molecule has 210 valence electrons. The molecule has 3 aliphatic rings. The summed E-state index contributed by atoms with van der Waals surface area (Å²) >= 11 is 0. The number of imide groups is 1. The molecule has 8 heteroatoms. The number of benzene rings is 2. The van der Waals surface area contributed by atoms with E-state index in [4.69, 9.17) is 9.07 Å². The second kappa shape index (κ2) is 11.6. The van der Waals surface area contributed by atoms with E-state index in [0.717, 1.165) is 28.7 Å². The number of fused-ring (bicyclic) bond motifs is 3. The molecule has 7 nitrogen and oxygen atoms in total. The minimum absolute atomic E-state index is 0.149. The minimum Gasteiger partial charge on any atom is -0.459 e. The van der Waals surface area contributed by atoms with Gasteiger partial charge in [-0.05, 0) is 85.0 Å². The lowest BCUT2D eigenvalue weighted by Gasteiger charge is -2.43. The van der Waals surface area contributed by atoms with Gasteiger partial charge >= 0.3 is 7.12 Å². The number of hydrogen-bond acceptors (Lipinski definition) is 6. The van der Waals surface area contributed by atoms with Crippen LogP contribution in [-0.4, -0.2) is 35.2 Å². The zero-order valence-corrected chi connectivity index (χ0v) is 23.1. The van der Waals surface area contributed by atoms with Gasteiger partial charge in [-0.15, -0.1) is 0 Å². The van der Waals surface area contributed by atoms with E-state index >= 15 is 0 Å². The zero-order valence-electron chi connectivity index (χ0n) is 23.1. The molecule has 2 amide bonds. The maximum atomic E-state index is 13.8. The smallest absolute Gasteiger partial charge is 0.455 e. The molecule has 0 bridgehead atoms. The number of aliphatic hydroxyl groups excluding tert-OH is 1. The van der Waals surface area contributed by atoms with Crippen molar-refractivity contribution < 1.29 is 28.8 Å². The quantitative estimate of drug-likeness (QED) is 0.218. The third kappa shape index (κ3) is 5.23. The number of nitrogens with zero attached hydrogens (tertiary/aromatic N) is 1. The highest BCUT2D eigenvalue weighted by Crippen LogP contribution is 2.52. The molecule has 2 N–H and O–H groups in total. The molecule has 2 saturated heterocycles. The Morgan fingerprint density at radius 3 is 2.41 bits per heavy atom. The highest BCUT2D eigenvalue weighted by molar-refractivity contribution is 6.43. The second-order valence-electron chi connectivity index (χ2n) is 11.1. The SMILES string of the molecule is CCC1=C2[C@@H](CC/C(=C/c3ccc(CO)o3)c3ccccc3)OB(O)C[C@@H]2[C@@H]2C(=O)N(c3ccccc3)C(=O)[C@@H]2C1. The van der Waals surface area contributed by atoms with Gasteiger partial charge in [0.15, 0.2) is 0 Å². The number of furan rings is 1. The summed E-state index contributed by atoms with van der Waals surface area (Å²) in [4.78, 5) is 28.7. The molecule has 2 fully saturated rings. The molecule has 2 aromatic carbocycles. The zero-order chi connectivity index (χ0) is 28.5. The first kappa shape index (κ1) is 27.5. The van der Waals surface area contributed by atoms with Crippen LogP contribution in [0.2, 0.25) is 6.32 Å². The summed E-state index contributed by atoms with van der Waals surface area (Å²) in [6, 6.07) is 22.8. The van der Waals surface area contributed by atoms with Gasteiger partial charge in [-0.1, -0.05) is 61.0 Å². The fourth-order valence-corrected chi connectivity index (χ4v) is 6.90.